The number of ether oxygens (including phenoxy) is 1. The number of carbonyl (C=O) groups excluding carboxylic acids is 1. The van der Waals surface area contributed by atoms with Crippen molar-refractivity contribution in [2.75, 3.05) is 14.2 Å². The summed E-state index contributed by atoms with van der Waals surface area (Å²) in [6.45, 7) is 0.555. The topological polar surface area (TPSA) is 47.4 Å². The van der Waals surface area contributed by atoms with Crippen LogP contribution in [0, 0.1) is 0 Å². The van der Waals surface area contributed by atoms with E-state index < -0.39 is 0 Å². The lowest BCUT2D eigenvalue weighted by atomic mass is 10.3. The van der Waals surface area contributed by atoms with Gasteiger partial charge in [-0.25, -0.2) is 4.68 Å². The van der Waals surface area contributed by atoms with E-state index in [2.05, 4.69) is 21.0 Å². The molecule has 0 bridgehead atoms. The van der Waals surface area contributed by atoms with Gasteiger partial charge in [0.15, 0.2) is 5.69 Å². The molecule has 5 nitrogen and oxygen atoms in total. The summed E-state index contributed by atoms with van der Waals surface area (Å²) in [6, 6.07) is 3.65. The molecule has 0 radical (unpaired) electrons. The Bertz CT molecular complexity index is 594. The first-order valence-corrected chi connectivity index (χ1v) is 7.25. The van der Waals surface area contributed by atoms with Crippen molar-refractivity contribution in [3.63, 3.8) is 0 Å². The molecule has 19 heavy (non-hydrogen) atoms. The van der Waals surface area contributed by atoms with Crippen molar-refractivity contribution in [1.82, 2.24) is 14.7 Å². The Hall–Kier alpha value is -1.34. The second-order valence-electron chi connectivity index (χ2n) is 4.12. The van der Waals surface area contributed by atoms with E-state index in [1.165, 1.54) is 0 Å². The molecule has 0 aliphatic carbocycles. The van der Waals surface area contributed by atoms with Crippen LogP contribution in [0.3, 0.4) is 0 Å². The molecule has 0 saturated carbocycles. The molecule has 1 amide bonds. The maximum atomic E-state index is 12.2. The van der Waals surface area contributed by atoms with Crippen molar-refractivity contribution < 1.29 is 9.53 Å². The highest BCUT2D eigenvalue weighted by atomic mass is 79.9. The fraction of sp³-hybridized carbons (Fsp3) is 0.333. The number of hydrogen-bond donors (Lipinski definition) is 0. The van der Waals surface area contributed by atoms with Gasteiger partial charge in [0.2, 0.25) is 5.88 Å². The summed E-state index contributed by atoms with van der Waals surface area (Å²) in [5.41, 5.74) is 1.48. The number of aryl methyl sites for hydroxylation is 1. The number of halogens is 1. The molecule has 2 aromatic rings. The zero-order chi connectivity index (χ0) is 14.0. The lowest BCUT2D eigenvalue weighted by Crippen LogP contribution is -2.26. The molecule has 2 aromatic heterocycles. The van der Waals surface area contributed by atoms with Crippen LogP contribution in [0.4, 0.5) is 0 Å². The van der Waals surface area contributed by atoms with Gasteiger partial charge in [-0.3, -0.25) is 4.79 Å². The summed E-state index contributed by atoms with van der Waals surface area (Å²) >= 11 is 5.01. The molecule has 0 saturated heterocycles. The highest BCUT2D eigenvalue weighted by Gasteiger charge is 2.17. The van der Waals surface area contributed by atoms with Crippen molar-refractivity contribution in [2.45, 2.75) is 6.54 Å². The lowest BCUT2D eigenvalue weighted by Gasteiger charge is -2.14. The highest BCUT2D eigenvalue weighted by molar-refractivity contribution is 9.11. The second kappa shape index (κ2) is 5.75. The fourth-order valence-corrected chi connectivity index (χ4v) is 2.92. The molecular weight excluding hydrogens is 330 g/mol. The molecular formula is C12H14BrN3O2S. The monoisotopic (exact) mass is 343 g/mol. The molecule has 2 rings (SSSR count). The smallest absolute Gasteiger partial charge is 0.274 e. The zero-order valence-corrected chi connectivity index (χ0v) is 13.3. The van der Waals surface area contributed by atoms with Crippen LogP contribution in [-0.4, -0.2) is 34.7 Å². The van der Waals surface area contributed by atoms with Crippen LogP contribution >= 0.6 is 27.3 Å². The van der Waals surface area contributed by atoms with E-state index in [0.29, 0.717) is 18.1 Å². The van der Waals surface area contributed by atoms with Crippen molar-refractivity contribution >= 4 is 33.2 Å². The minimum atomic E-state index is -0.124. The van der Waals surface area contributed by atoms with E-state index in [4.69, 9.17) is 4.74 Å². The van der Waals surface area contributed by atoms with Gasteiger partial charge in [-0.2, -0.15) is 5.10 Å². The van der Waals surface area contributed by atoms with Gasteiger partial charge in [0.25, 0.3) is 5.91 Å². The summed E-state index contributed by atoms with van der Waals surface area (Å²) < 4.78 is 7.70. The van der Waals surface area contributed by atoms with E-state index in [1.807, 2.05) is 11.4 Å². The van der Waals surface area contributed by atoms with Crippen molar-refractivity contribution in [3.05, 3.63) is 32.6 Å². The first-order chi connectivity index (χ1) is 9.01. The van der Waals surface area contributed by atoms with E-state index in [1.54, 1.807) is 48.2 Å². The summed E-state index contributed by atoms with van der Waals surface area (Å²) in [5, 5.41) is 6.16. The highest BCUT2D eigenvalue weighted by Crippen LogP contribution is 2.22. The van der Waals surface area contributed by atoms with Gasteiger partial charge in [0.05, 0.1) is 10.9 Å². The number of hydrogen-bond acceptors (Lipinski definition) is 4. The summed E-state index contributed by atoms with van der Waals surface area (Å²) in [4.78, 5) is 13.9. The number of methoxy groups -OCH3 is 1. The molecule has 2 heterocycles. The maximum absolute atomic E-state index is 12.2. The zero-order valence-electron chi connectivity index (χ0n) is 10.9. The number of thiophene rings is 1. The SMILES string of the molecule is COc1cc(C(=O)N(C)Cc2csc(Br)c2)nn1C. The molecule has 0 unspecified atom stereocenters. The Morgan fingerprint density at radius 2 is 2.32 bits per heavy atom. The van der Waals surface area contributed by atoms with Crippen LogP contribution in [0.2, 0.25) is 0 Å². The van der Waals surface area contributed by atoms with Gasteiger partial charge < -0.3 is 9.64 Å². The summed E-state index contributed by atoms with van der Waals surface area (Å²) in [5.74, 6) is 0.441. The molecule has 0 atom stereocenters. The molecule has 0 spiro atoms. The van der Waals surface area contributed by atoms with Gasteiger partial charge in [-0.15, -0.1) is 11.3 Å². The van der Waals surface area contributed by atoms with Crippen LogP contribution < -0.4 is 4.74 Å². The van der Waals surface area contributed by atoms with Crippen molar-refractivity contribution in [3.8, 4) is 5.88 Å². The van der Waals surface area contributed by atoms with E-state index in [0.717, 1.165) is 9.35 Å². The van der Waals surface area contributed by atoms with Crippen LogP contribution in [0.5, 0.6) is 5.88 Å². The largest absolute Gasteiger partial charge is 0.481 e. The van der Waals surface area contributed by atoms with Crippen LogP contribution in [-0.2, 0) is 13.6 Å². The number of amides is 1. The number of aromatic nitrogens is 2. The Kier molecular flexibility index (Phi) is 4.26. The molecule has 7 heteroatoms. The van der Waals surface area contributed by atoms with Gasteiger partial charge in [0.1, 0.15) is 0 Å². The quantitative estimate of drug-likeness (QED) is 0.856. The Morgan fingerprint density at radius 1 is 1.58 bits per heavy atom. The summed E-state index contributed by atoms with van der Waals surface area (Å²) in [7, 11) is 5.05. The molecule has 102 valence electrons. The Balaban J connectivity index is 2.09. The molecule has 0 aliphatic rings. The lowest BCUT2D eigenvalue weighted by molar-refractivity contribution is 0.0778. The molecule has 0 aromatic carbocycles. The second-order valence-corrected chi connectivity index (χ2v) is 6.41. The standard InChI is InChI=1S/C12H14BrN3O2S/c1-15(6-8-4-10(13)19-7-8)12(17)9-5-11(18-3)16(2)14-9/h4-5,7H,6H2,1-3H3. The average Bonchev–Trinajstić information content (AvgIpc) is 2.94. The molecule has 0 fully saturated rings. The predicted octanol–water partition coefficient (Wildman–Crippen LogP) is 2.52. The third-order valence-electron chi connectivity index (χ3n) is 2.65. The van der Waals surface area contributed by atoms with Crippen LogP contribution in [0.1, 0.15) is 16.1 Å². The third-order valence-corrected chi connectivity index (χ3v) is 4.21. The molecule has 0 aliphatic heterocycles. The van der Waals surface area contributed by atoms with Crippen molar-refractivity contribution in [1.29, 1.82) is 0 Å². The predicted molar refractivity (Wildman–Crippen MR) is 77.6 cm³/mol. The number of nitrogens with zero attached hydrogens (tertiary/aromatic N) is 3. The Morgan fingerprint density at radius 3 is 2.84 bits per heavy atom. The molecule has 0 N–H and O–H groups in total. The van der Waals surface area contributed by atoms with Gasteiger partial charge in [0, 0.05) is 26.7 Å². The number of carbonyl (C=O) groups is 1. The van der Waals surface area contributed by atoms with Gasteiger partial charge in [-0.1, -0.05) is 0 Å². The van der Waals surface area contributed by atoms with Crippen molar-refractivity contribution in [2.24, 2.45) is 7.05 Å². The minimum Gasteiger partial charge on any atom is -0.481 e. The first kappa shape index (κ1) is 14.1. The van der Waals surface area contributed by atoms with E-state index in [-0.39, 0.29) is 5.91 Å². The van der Waals surface area contributed by atoms with E-state index in [9.17, 15) is 4.79 Å². The third kappa shape index (κ3) is 3.16. The maximum Gasteiger partial charge on any atom is 0.274 e. The Labute approximate surface area is 123 Å². The van der Waals surface area contributed by atoms with E-state index >= 15 is 0 Å². The van der Waals surface area contributed by atoms with Gasteiger partial charge >= 0.3 is 0 Å². The first-order valence-electron chi connectivity index (χ1n) is 5.57. The van der Waals surface area contributed by atoms with Crippen LogP contribution in [0.25, 0.3) is 0 Å². The fourth-order valence-electron chi connectivity index (χ4n) is 1.72. The number of rotatable bonds is 4. The average molecular weight is 344 g/mol. The normalized spacial score (nSPS) is 10.5. The summed E-state index contributed by atoms with van der Waals surface area (Å²) in [6.07, 6.45) is 0. The minimum absolute atomic E-state index is 0.124. The van der Waals surface area contributed by atoms with Gasteiger partial charge in [-0.05, 0) is 32.9 Å². The van der Waals surface area contributed by atoms with Crippen LogP contribution in [0.15, 0.2) is 21.3 Å².